The average Bonchev–Trinajstić information content (AvgIpc) is 3.49. The summed E-state index contributed by atoms with van der Waals surface area (Å²) in [4.78, 5) is 5.84. The van der Waals surface area contributed by atoms with Crippen molar-refractivity contribution in [2.75, 3.05) is 6.61 Å². The Morgan fingerprint density at radius 3 is 2.93 bits per heavy atom. The first-order chi connectivity index (χ1) is 14.7. The Morgan fingerprint density at radius 1 is 1.23 bits per heavy atom. The molecule has 4 heterocycles. The highest BCUT2D eigenvalue weighted by molar-refractivity contribution is 7.07. The van der Waals surface area contributed by atoms with Gasteiger partial charge in [-0.2, -0.15) is 5.10 Å². The van der Waals surface area contributed by atoms with Gasteiger partial charge in [0.05, 0.1) is 30.9 Å². The lowest BCUT2D eigenvalue weighted by Gasteiger charge is -2.26. The minimum atomic E-state index is 0.349. The fourth-order valence-electron chi connectivity index (χ4n) is 3.84. The third-order valence-electron chi connectivity index (χ3n) is 5.43. The molecule has 154 valence electrons. The number of rotatable bonds is 5. The zero-order valence-corrected chi connectivity index (χ0v) is 17.8. The van der Waals surface area contributed by atoms with Crippen LogP contribution in [0.2, 0.25) is 0 Å². The molecular weight excluding hydrogens is 398 g/mol. The van der Waals surface area contributed by atoms with Crippen LogP contribution in [0, 0.1) is 0 Å². The maximum absolute atomic E-state index is 5.87. The van der Waals surface area contributed by atoms with Gasteiger partial charge in [0.25, 0.3) is 0 Å². The molecule has 0 N–H and O–H groups in total. The number of aryl methyl sites for hydroxylation is 2. The minimum absolute atomic E-state index is 0.349. The topological polar surface area (TPSA) is 75.0 Å². The molecule has 0 fully saturated rings. The molecule has 0 saturated heterocycles. The van der Waals surface area contributed by atoms with Crippen LogP contribution < -0.4 is 9.54 Å². The highest BCUT2D eigenvalue weighted by atomic mass is 32.1. The molecule has 5 rings (SSSR count). The Labute approximate surface area is 178 Å². The van der Waals surface area contributed by atoms with Crippen molar-refractivity contribution in [2.24, 2.45) is 12.0 Å². The Bertz CT molecular complexity index is 1230. The SMILES string of the molecule is CCn1cc(N=c2scc(-c3cnnn3C)n2CC2CCOc3ccccc32)cn1. The molecule has 0 spiro atoms. The molecule has 0 amide bonds. The summed E-state index contributed by atoms with van der Waals surface area (Å²) in [7, 11) is 1.91. The zero-order valence-electron chi connectivity index (χ0n) is 17.0. The van der Waals surface area contributed by atoms with Crippen molar-refractivity contribution in [3.63, 3.8) is 0 Å². The number of fused-ring (bicyclic) bond motifs is 1. The fraction of sp³-hybridized carbons (Fsp3) is 0.333. The Morgan fingerprint density at radius 2 is 2.13 bits per heavy atom. The van der Waals surface area contributed by atoms with Crippen LogP contribution in [-0.2, 0) is 20.1 Å². The van der Waals surface area contributed by atoms with Gasteiger partial charge in [-0.05, 0) is 25.0 Å². The summed E-state index contributed by atoms with van der Waals surface area (Å²) in [5.41, 5.74) is 4.14. The van der Waals surface area contributed by atoms with Gasteiger partial charge in [0, 0.05) is 31.4 Å². The lowest BCUT2D eigenvalue weighted by molar-refractivity contribution is 0.258. The first kappa shape index (κ1) is 18.8. The van der Waals surface area contributed by atoms with E-state index in [2.05, 4.69) is 50.5 Å². The second-order valence-corrected chi connectivity index (χ2v) is 8.13. The second-order valence-electron chi connectivity index (χ2n) is 7.29. The molecule has 30 heavy (non-hydrogen) atoms. The molecule has 0 radical (unpaired) electrons. The highest BCUT2D eigenvalue weighted by Crippen LogP contribution is 2.35. The van der Waals surface area contributed by atoms with Gasteiger partial charge in [-0.1, -0.05) is 23.4 Å². The Balaban J connectivity index is 1.60. The number of hydrogen-bond donors (Lipinski definition) is 0. The average molecular weight is 422 g/mol. The van der Waals surface area contributed by atoms with Crippen molar-refractivity contribution in [2.45, 2.75) is 32.4 Å². The number of aromatic nitrogens is 6. The molecular formula is C21H23N7OS. The van der Waals surface area contributed by atoms with E-state index < -0.39 is 0 Å². The number of para-hydroxylation sites is 1. The van der Waals surface area contributed by atoms with E-state index in [9.17, 15) is 0 Å². The zero-order chi connectivity index (χ0) is 20.5. The van der Waals surface area contributed by atoms with Gasteiger partial charge in [0.1, 0.15) is 17.1 Å². The molecule has 1 atom stereocenters. The molecule has 8 nitrogen and oxygen atoms in total. The second kappa shape index (κ2) is 7.91. The highest BCUT2D eigenvalue weighted by Gasteiger charge is 2.23. The van der Waals surface area contributed by atoms with Crippen molar-refractivity contribution in [3.05, 3.63) is 58.6 Å². The summed E-state index contributed by atoms with van der Waals surface area (Å²) in [6.07, 6.45) is 6.55. The molecule has 3 aromatic heterocycles. The van der Waals surface area contributed by atoms with Gasteiger partial charge in [0.2, 0.25) is 0 Å². The smallest absolute Gasteiger partial charge is 0.190 e. The van der Waals surface area contributed by atoms with Gasteiger partial charge in [-0.25, -0.2) is 9.67 Å². The standard InChI is InChI=1S/C21H23N7OS/c1-3-27-13-16(10-23-27)24-21-28(19(14-30-21)18-11-22-25-26(18)2)12-15-8-9-29-20-7-5-4-6-17(15)20/h4-7,10-11,13-15H,3,8-9,12H2,1-2H3. The lowest BCUT2D eigenvalue weighted by atomic mass is 9.93. The van der Waals surface area contributed by atoms with E-state index in [-0.39, 0.29) is 0 Å². The largest absolute Gasteiger partial charge is 0.493 e. The molecule has 4 aromatic rings. The first-order valence-electron chi connectivity index (χ1n) is 10.0. The number of hydrogen-bond acceptors (Lipinski definition) is 6. The van der Waals surface area contributed by atoms with Crippen LogP contribution in [0.4, 0.5) is 5.69 Å². The van der Waals surface area contributed by atoms with Gasteiger partial charge in [-0.3, -0.25) is 4.68 Å². The molecule has 0 saturated carbocycles. The molecule has 1 aliphatic heterocycles. The predicted octanol–water partition coefficient (Wildman–Crippen LogP) is 3.36. The number of thiazole rings is 1. The van der Waals surface area contributed by atoms with Crippen LogP contribution in [0.3, 0.4) is 0 Å². The van der Waals surface area contributed by atoms with Crippen molar-refractivity contribution in [1.29, 1.82) is 0 Å². The summed E-state index contributed by atoms with van der Waals surface area (Å²) >= 11 is 1.62. The number of ether oxygens (including phenoxy) is 1. The van der Waals surface area contributed by atoms with E-state index in [4.69, 9.17) is 9.73 Å². The van der Waals surface area contributed by atoms with E-state index in [0.717, 1.165) is 53.7 Å². The van der Waals surface area contributed by atoms with Crippen LogP contribution in [0.5, 0.6) is 5.75 Å². The van der Waals surface area contributed by atoms with E-state index in [1.54, 1.807) is 22.2 Å². The third-order valence-corrected chi connectivity index (χ3v) is 6.29. The van der Waals surface area contributed by atoms with Crippen LogP contribution in [0.1, 0.15) is 24.8 Å². The summed E-state index contributed by atoms with van der Waals surface area (Å²) < 4.78 is 11.8. The molecule has 9 heteroatoms. The molecule has 0 bridgehead atoms. The summed E-state index contributed by atoms with van der Waals surface area (Å²) in [5, 5.41) is 14.7. The monoisotopic (exact) mass is 421 g/mol. The molecule has 1 aliphatic rings. The summed E-state index contributed by atoms with van der Waals surface area (Å²) in [6.45, 7) is 4.43. The van der Waals surface area contributed by atoms with Gasteiger partial charge < -0.3 is 9.30 Å². The Kier molecular flexibility index (Phi) is 4.96. The van der Waals surface area contributed by atoms with Crippen LogP contribution in [0.25, 0.3) is 11.4 Å². The fourth-order valence-corrected chi connectivity index (χ4v) is 4.77. The van der Waals surface area contributed by atoms with E-state index in [1.165, 1.54) is 5.56 Å². The maximum Gasteiger partial charge on any atom is 0.190 e. The van der Waals surface area contributed by atoms with Crippen molar-refractivity contribution < 1.29 is 4.74 Å². The third kappa shape index (κ3) is 3.45. The van der Waals surface area contributed by atoms with E-state index in [1.807, 2.05) is 30.2 Å². The van der Waals surface area contributed by atoms with E-state index in [0.29, 0.717) is 5.92 Å². The van der Waals surface area contributed by atoms with Crippen LogP contribution in [-0.4, -0.2) is 35.9 Å². The summed E-state index contributed by atoms with van der Waals surface area (Å²) in [5.74, 6) is 1.33. The normalized spacial score (nSPS) is 16.5. The van der Waals surface area contributed by atoms with Crippen LogP contribution in [0.15, 0.2) is 53.2 Å². The number of nitrogens with zero attached hydrogens (tertiary/aromatic N) is 7. The number of benzene rings is 1. The lowest BCUT2D eigenvalue weighted by Crippen LogP contribution is -2.24. The minimum Gasteiger partial charge on any atom is -0.493 e. The molecule has 0 aliphatic carbocycles. The van der Waals surface area contributed by atoms with Crippen LogP contribution >= 0.6 is 11.3 Å². The van der Waals surface area contributed by atoms with Gasteiger partial charge in [0.15, 0.2) is 4.80 Å². The van der Waals surface area contributed by atoms with Crippen molar-refractivity contribution in [3.8, 4) is 17.1 Å². The molecule has 1 unspecified atom stereocenters. The van der Waals surface area contributed by atoms with E-state index >= 15 is 0 Å². The summed E-state index contributed by atoms with van der Waals surface area (Å²) in [6, 6.07) is 8.32. The quantitative estimate of drug-likeness (QED) is 0.495. The van der Waals surface area contributed by atoms with Gasteiger partial charge in [-0.15, -0.1) is 16.4 Å². The molecule has 1 aromatic carbocycles. The van der Waals surface area contributed by atoms with Crippen molar-refractivity contribution >= 4 is 17.0 Å². The first-order valence-corrected chi connectivity index (χ1v) is 10.9. The van der Waals surface area contributed by atoms with Gasteiger partial charge >= 0.3 is 0 Å². The van der Waals surface area contributed by atoms with Crippen molar-refractivity contribution in [1.82, 2.24) is 29.3 Å². The maximum atomic E-state index is 5.87. The Hall–Kier alpha value is -3.20. The predicted molar refractivity (Wildman–Crippen MR) is 115 cm³/mol.